The van der Waals surface area contributed by atoms with Crippen LogP contribution in [0.1, 0.15) is 25.8 Å². The Hall–Kier alpha value is -2.17. The largest absolute Gasteiger partial charge is 0.462 e. The first-order valence-corrected chi connectivity index (χ1v) is 11.5. The van der Waals surface area contributed by atoms with E-state index in [0.29, 0.717) is 6.54 Å². The predicted molar refractivity (Wildman–Crippen MR) is 117 cm³/mol. The molecule has 0 aliphatic rings. The molecule has 1 aromatic carbocycles. The number of carbonyl (C=O) groups excluding carboxylic acids is 1. The quantitative estimate of drug-likeness (QED) is 0.0990. The van der Waals surface area contributed by atoms with Crippen LogP contribution in [0.25, 0.3) is 10.4 Å². The van der Waals surface area contributed by atoms with Crippen LogP contribution in [-0.2, 0) is 35.2 Å². The van der Waals surface area contributed by atoms with Gasteiger partial charge in [-0.25, -0.2) is 4.79 Å². The minimum Gasteiger partial charge on any atom is -0.462 e. The van der Waals surface area contributed by atoms with Gasteiger partial charge in [0, 0.05) is 23.4 Å². The summed E-state index contributed by atoms with van der Waals surface area (Å²) in [6.45, 7) is 4.06. The highest BCUT2D eigenvalue weighted by Crippen LogP contribution is 2.27. The summed E-state index contributed by atoms with van der Waals surface area (Å²) in [5.74, 6) is -0.864. The van der Waals surface area contributed by atoms with Gasteiger partial charge >= 0.3 is 5.97 Å². The van der Waals surface area contributed by atoms with Gasteiger partial charge in [-0.1, -0.05) is 49.3 Å². The van der Waals surface area contributed by atoms with Crippen molar-refractivity contribution in [2.75, 3.05) is 46.2 Å². The SMILES string of the molecule is CN(C)CCOC(=O)[C@H](OCc1ccccc1)C(C)(C)COS(=O)(=O)CCCN=[N+]=[N-]. The van der Waals surface area contributed by atoms with Crippen molar-refractivity contribution >= 4 is 16.1 Å². The summed E-state index contributed by atoms with van der Waals surface area (Å²) in [4.78, 5) is 17.2. The summed E-state index contributed by atoms with van der Waals surface area (Å²) in [5.41, 5.74) is 8.15. The minimum atomic E-state index is -3.85. The van der Waals surface area contributed by atoms with Gasteiger partial charge < -0.3 is 14.4 Å². The van der Waals surface area contributed by atoms with E-state index < -0.39 is 27.6 Å². The molecule has 11 heteroatoms. The molecule has 1 atom stereocenters. The fourth-order valence-corrected chi connectivity index (χ4v) is 3.59. The number of carbonyl (C=O) groups is 1. The van der Waals surface area contributed by atoms with Gasteiger partial charge in [0.25, 0.3) is 10.1 Å². The molecule has 0 saturated heterocycles. The van der Waals surface area contributed by atoms with Gasteiger partial charge in [0.2, 0.25) is 0 Å². The average Bonchev–Trinajstić information content (AvgIpc) is 2.70. The van der Waals surface area contributed by atoms with E-state index in [4.69, 9.17) is 19.2 Å². The fraction of sp³-hybridized carbons (Fsp3) is 0.650. The Bertz CT molecular complexity index is 823. The van der Waals surface area contributed by atoms with Gasteiger partial charge in [0.15, 0.2) is 6.10 Å². The lowest BCUT2D eigenvalue weighted by Gasteiger charge is -2.32. The number of rotatable bonds is 15. The summed E-state index contributed by atoms with van der Waals surface area (Å²) in [6.07, 6.45) is -0.888. The Labute approximate surface area is 184 Å². The highest BCUT2D eigenvalue weighted by molar-refractivity contribution is 7.86. The van der Waals surface area contributed by atoms with E-state index in [1.807, 2.05) is 49.3 Å². The average molecular weight is 457 g/mol. The molecule has 10 nitrogen and oxygen atoms in total. The van der Waals surface area contributed by atoms with Gasteiger partial charge in [-0.3, -0.25) is 4.18 Å². The first-order chi connectivity index (χ1) is 14.6. The Morgan fingerprint density at radius 3 is 2.55 bits per heavy atom. The van der Waals surface area contributed by atoms with Crippen molar-refractivity contribution in [3.63, 3.8) is 0 Å². The molecule has 0 aliphatic carbocycles. The number of nitrogens with zero attached hydrogens (tertiary/aromatic N) is 4. The molecule has 0 aromatic heterocycles. The van der Waals surface area contributed by atoms with Crippen molar-refractivity contribution in [1.82, 2.24) is 4.90 Å². The second-order valence-electron chi connectivity index (χ2n) is 7.97. The van der Waals surface area contributed by atoms with Crippen molar-refractivity contribution in [2.45, 2.75) is 33.0 Å². The molecule has 31 heavy (non-hydrogen) atoms. The lowest BCUT2D eigenvalue weighted by molar-refractivity contribution is -0.169. The second kappa shape index (κ2) is 13.3. The van der Waals surface area contributed by atoms with Crippen LogP contribution in [0.4, 0.5) is 0 Å². The van der Waals surface area contributed by atoms with E-state index in [9.17, 15) is 13.2 Å². The van der Waals surface area contributed by atoms with E-state index in [1.54, 1.807) is 13.8 Å². The summed E-state index contributed by atoms with van der Waals surface area (Å²) in [6, 6.07) is 9.33. The monoisotopic (exact) mass is 456 g/mol. The fourth-order valence-electron chi connectivity index (χ4n) is 2.50. The number of benzene rings is 1. The molecule has 0 fully saturated rings. The Morgan fingerprint density at radius 2 is 1.94 bits per heavy atom. The molecule has 1 aromatic rings. The van der Waals surface area contributed by atoms with Crippen LogP contribution >= 0.6 is 0 Å². The zero-order valence-electron chi connectivity index (χ0n) is 18.6. The molecule has 0 saturated carbocycles. The zero-order valence-corrected chi connectivity index (χ0v) is 19.4. The molecule has 0 N–H and O–H groups in total. The Kier molecular flexibility index (Phi) is 11.5. The van der Waals surface area contributed by atoms with Crippen LogP contribution in [0, 0.1) is 5.41 Å². The van der Waals surface area contributed by atoms with E-state index in [0.717, 1.165) is 5.56 Å². The van der Waals surface area contributed by atoms with Gasteiger partial charge in [0.05, 0.1) is 19.0 Å². The van der Waals surface area contributed by atoms with Gasteiger partial charge in [-0.2, -0.15) is 8.42 Å². The van der Waals surface area contributed by atoms with Gasteiger partial charge in [0.1, 0.15) is 6.61 Å². The number of azide groups is 1. The van der Waals surface area contributed by atoms with Crippen molar-refractivity contribution in [3.05, 3.63) is 46.3 Å². The maximum Gasteiger partial charge on any atom is 0.335 e. The summed E-state index contributed by atoms with van der Waals surface area (Å²) in [7, 11) is -0.122. The highest BCUT2D eigenvalue weighted by atomic mass is 32.2. The second-order valence-corrected chi connectivity index (χ2v) is 9.73. The minimum absolute atomic E-state index is 0.0590. The van der Waals surface area contributed by atoms with Crippen molar-refractivity contribution in [1.29, 1.82) is 0 Å². The number of hydrogen-bond acceptors (Lipinski definition) is 8. The molecule has 0 heterocycles. The number of esters is 1. The van der Waals surface area contributed by atoms with E-state index >= 15 is 0 Å². The van der Waals surface area contributed by atoms with Crippen molar-refractivity contribution in [2.24, 2.45) is 10.5 Å². The summed E-state index contributed by atoms with van der Waals surface area (Å²) in [5, 5.41) is 3.31. The van der Waals surface area contributed by atoms with Crippen molar-refractivity contribution < 1.29 is 26.9 Å². The normalized spacial score (nSPS) is 12.9. The molecule has 0 bridgehead atoms. The molecule has 174 valence electrons. The molecule has 0 radical (unpaired) electrons. The summed E-state index contributed by atoms with van der Waals surface area (Å²) < 4.78 is 40.7. The highest BCUT2D eigenvalue weighted by Gasteiger charge is 2.39. The zero-order chi connectivity index (χ0) is 23.3. The predicted octanol–water partition coefficient (Wildman–Crippen LogP) is 2.75. The van der Waals surface area contributed by atoms with E-state index in [1.165, 1.54) is 0 Å². The number of likely N-dealkylation sites (N-methyl/N-ethyl adjacent to an activating group) is 1. The van der Waals surface area contributed by atoms with Crippen LogP contribution in [0.15, 0.2) is 35.4 Å². The molecule has 1 rings (SSSR count). The smallest absolute Gasteiger partial charge is 0.335 e. The lowest BCUT2D eigenvalue weighted by Crippen LogP contribution is -2.44. The number of hydrogen-bond donors (Lipinski definition) is 0. The lowest BCUT2D eigenvalue weighted by atomic mass is 9.87. The van der Waals surface area contributed by atoms with Gasteiger partial charge in [-0.05, 0) is 31.6 Å². The maximum atomic E-state index is 12.7. The Morgan fingerprint density at radius 1 is 1.26 bits per heavy atom. The Balaban J connectivity index is 2.81. The molecular formula is C20H32N4O6S. The molecule has 0 amide bonds. The van der Waals surface area contributed by atoms with Crippen LogP contribution < -0.4 is 0 Å². The maximum absolute atomic E-state index is 12.7. The van der Waals surface area contributed by atoms with Crippen molar-refractivity contribution in [3.8, 4) is 0 Å². The standard InChI is InChI=1S/C20H32N4O6S/c1-20(2,16-30-31(26,27)14-8-11-22-23-21)18(19(25)28-13-12-24(3)4)29-15-17-9-6-5-7-10-17/h5-7,9-10,18H,8,11-16H2,1-4H3/t18-/m0/s1. The third-order valence-corrected chi connectivity index (χ3v) is 5.56. The van der Waals surface area contributed by atoms with E-state index in [-0.39, 0.29) is 38.5 Å². The van der Waals surface area contributed by atoms with Crippen LogP contribution in [0.3, 0.4) is 0 Å². The topological polar surface area (TPSA) is 131 Å². The van der Waals surface area contributed by atoms with E-state index in [2.05, 4.69) is 10.0 Å². The third kappa shape index (κ3) is 11.1. The molecule has 0 unspecified atom stereocenters. The number of ether oxygens (including phenoxy) is 2. The molecule has 0 spiro atoms. The van der Waals surface area contributed by atoms with Crippen LogP contribution in [-0.4, -0.2) is 71.5 Å². The van der Waals surface area contributed by atoms with Gasteiger partial charge in [-0.15, -0.1) is 0 Å². The summed E-state index contributed by atoms with van der Waals surface area (Å²) >= 11 is 0. The first-order valence-electron chi connectivity index (χ1n) is 9.92. The molecule has 0 aliphatic heterocycles. The first kappa shape index (κ1) is 26.9. The molecular weight excluding hydrogens is 424 g/mol. The van der Waals surface area contributed by atoms with Crippen LogP contribution in [0.2, 0.25) is 0 Å². The third-order valence-electron chi connectivity index (χ3n) is 4.29. The van der Waals surface area contributed by atoms with Crippen LogP contribution in [0.5, 0.6) is 0 Å².